The molecule has 0 amide bonds. The topological polar surface area (TPSA) is 77.2 Å². The Kier molecular flexibility index (Phi) is 4.70. The van der Waals surface area contributed by atoms with Gasteiger partial charge in [0.25, 0.3) is 0 Å². The van der Waals surface area contributed by atoms with Gasteiger partial charge in [-0.1, -0.05) is 17.3 Å². The highest BCUT2D eigenvalue weighted by molar-refractivity contribution is 5.85. The standard InChI is InChI=1S/C14H17N3O3/c1-11-5-4-6-12(9-11)20-8-3-2-7-17-13(14(18)19)10-15-16-17/h4-6,9-10H,2-3,7-8H2,1H3,(H,18,19). The van der Waals surface area contributed by atoms with Crippen LogP contribution in [0.25, 0.3) is 0 Å². The number of rotatable bonds is 7. The Bertz CT molecular complexity index is 581. The van der Waals surface area contributed by atoms with Crippen LogP contribution in [0.5, 0.6) is 5.75 Å². The van der Waals surface area contributed by atoms with E-state index in [2.05, 4.69) is 10.3 Å². The van der Waals surface area contributed by atoms with Crippen molar-refractivity contribution in [3.63, 3.8) is 0 Å². The van der Waals surface area contributed by atoms with Crippen molar-refractivity contribution in [2.45, 2.75) is 26.3 Å². The van der Waals surface area contributed by atoms with Gasteiger partial charge >= 0.3 is 5.97 Å². The smallest absolute Gasteiger partial charge is 0.355 e. The van der Waals surface area contributed by atoms with Crippen LogP contribution in [0.4, 0.5) is 0 Å². The SMILES string of the molecule is Cc1cccc(OCCCCn2nncc2C(=O)O)c1. The minimum atomic E-state index is -1.01. The highest BCUT2D eigenvalue weighted by Crippen LogP contribution is 2.12. The van der Waals surface area contributed by atoms with E-state index in [1.54, 1.807) is 0 Å². The average Bonchev–Trinajstić information content (AvgIpc) is 2.87. The predicted octanol–water partition coefficient (Wildman–Crippen LogP) is 2.14. The van der Waals surface area contributed by atoms with Crippen molar-refractivity contribution < 1.29 is 14.6 Å². The van der Waals surface area contributed by atoms with Crippen molar-refractivity contribution in [1.82, 2.24) is 15.0 Å². The highest BCUT2D eigenvalue weighted by atomic mass is 16.5. The molecule has 2 aromatic rings. The number of unbranched alkanes of at least 4 members (excludes halogenated alkanes) is 1. The third kappa shape index (κ3) is 3.81. The quantitative estimate of drug-likeness (QED) is 0.783. The van der Waals surface area contributed by atoms with Gasteiger partial charge in [-0.25, -0.2) is 9.48 Å². The van der Waals surface area contributed by atoms with Crippen LogP contribution >= 0.6 is 0 Å². The zero-order chi connectivity index (χ0) is 14.4. The second kappa shape index (κ2) is 6.70. The van der Waals surface area contributed by atoms with E-state index in [4.69, 9.17) is 9.84 Å². The molecule has 6 heteroatoms. The van der Waals surface area contributed by atoms with Crippen molar-refractivity contribution in [3.8, 4) is 5.75 Å². The molecule has 0 radical (unpaired) electrons. The molecule has 2 rings (SSSR count). The number of aromatic carboxylic acids is 1. The van der Waals surface area contributed by atoms with Crippen molar-refractivity contribution in [2.75, 3.05) is 6.61 Å². The molecule has 0 unspecified atom stereocenters. The van der Waals surface area contributed by atoms with Crippen molar-refractivity contribution in [2.24, 2.45) is 0 Å². The predicted molar refractivity (Wildman–Crippen MR) is 72.9 cm³/mol. The van der Waals surface area contributed by atoms with E-state index in [1.807, 2.05) is 31.2 Å². The van der Waals surface area contributed by atoms with Crippen LogP contribution in [0.3, 0.4) is 0 Å². The maximum Gasteiger partial charge on any atom is 0.355 e. The summed E-state index contributed by atoms with van der Waals surface area (Å²) in [7, 11) is 0. The second-order valence-corrected chi connectivity index (χ2v) is 4.52. The summed E-state index contributed by atoms with van der Waals surface area (Å²) in [6, 6.07) is 7.89. The molecule has 0 aliphatic heterocycles. The lowest BCUT2D eigenvalue weighted by Crippen LogP contribution is -2.11. The minimum Gasteiger partial charge on any atom is -0.494 e. The summed E-state index contributed by atoms with van der Waals surface area (Å²) in [6.45, 7) is 3.14. The summed E-state index contributed by atoms with van der Waals surface area (Å²) < 4.78 is 7.02. The maximum atomic E-state index is 10.9. The van der Waals surface area contributed by atoms with E-state index in [9.17, 15) is 4.79 Å². The molecule has 0 spiro atoms. The molecule has 106 valence electrons. The van der Waals surface area contributed by atoms with Crippen LogP contribution in [0, 0.1) is 6.92 Å². The van der Waals surface area contributed by atoms with E-state index in [1.165, 1.54) is 10.9 Å². The summed E-state index contributed by atoms with van der Waals surface area (Å²) in [4.78, 5) is 10.9. The molecule has 0 fully saturated rings. The van der Waals surface area contributed by atoms with E-state index in [-0.39, 0.29) is 5.69 Å². The number of carbonyl (C=O) groups is 1. The largest absolute Gasteiger partial charge is 0.494 e. The van der Waals surface area contributed by atoms with Gasteiger partial charge in [0.05, 0.1) is 12.8 Å². The summed E-state index contributed by atoms with van der Waals surface area (Å²) in [5, 5.41) is 16.3. The molecule has 1 heterocycles. The highest BCUT2D eigenvalue weighted by Gasteiger charge is 2.10. The first kappa shape index (κ1) is 14.0. The fraction of sp³-hybridized carbons (Fsp3) is 0.357. The zero-order valence-corrected chi connectivity index (χ0v) is 11.3. The van der Waals surface area contributed by atoms with Gasteiger partial charge in [-0.3, -0.25) is 0 Å². The van der Waals surface area contributed by atoms with Crippen LogP contribution in [0.2, 0.25) is 0 Å². The van der Waals surface area contributed by atoms with Crippen LogP contribution in [0.15, 0.2) is 30.5 Å². The number of aromatic nitrogens is 3. The van der Waals surface area contributed by atoms with Gasteiger partial charge in [-0.2, -0.15) is 0 Å². The molecular weight excluding hydrogens is 258 g/mol. The molecule has 0 aliphatic rings. The van der Waals surface area contributed by atoms with E-state index in [0.717, 1.165) is 24.2 Å². The number of nitrogens with zero attached hydrogens (tertiary/aromatic N) is 3. The molecule has 0 saturated heterocycles. The molecule has 0 saturated carbocycles. The molecule has 1 aromatic heterocycles. The number of aryl methyl sites for hydroxylation is 2. The van der Waals surface area contributed by atoms with Crippen molar-refractivity contribution in [1.29, 1.82) is 0 Å². The van der Waals surface area contributed by atoms with Gasteiger partial charge in [-0.05, 0) is 37.5 Å². The van der Waals surface area contributed by atoms with Crippen LogP contribution < -0.4 is 4.74 Å². The van der Waals surface area contributed by atoms with Crippen molar-refractivity contribution >= 4 is 5.97 Å². The first-order valence-electron chi connectivity index (χ1n) is 6.48. The molecule has 6 nitrogen and oxygen atoms in total. The van der Waals surface area contributed by atoms with E-state index in [0.29, 0.717) is 13.2 Å². The Morgan fingerprint density at radius 3 is 3.00 bits per heavy atom. The number of hydrogen-bond donors (Lipinski definition) is 1. The summed E-state index contributed by atoms with van der Waals surface area (Å²) in [6.07, 6.45) is 2.87. The van der Waals surface area contributed by atoms with Gasteiger partial charge in [0.15, 0.2) is 5.69 Å². The Morgan fingerprint density at radius 2 is 2.25 bits per heavy atom. The first-order chi connectivity index (χ1) is 9.66. The fourth-order valence-corrected chi connectivity index (χ4v) is 1.85. The Morgan fingerprint density at radius 1 is 1.40 bits per heavy atom. The van der Waals surface area contributed by atoms with Gasteiger partial charge < -0.3 is 9.84 Å². The third-order valence-electron chi connectivity index (χ3n) is 2.86. The summed E-state index contributed by atoms with van der Waals surface area (Å²) in [5.74, 6) is -0.150. The van der Waals surface area contributed by atoms with Crippen LogP contribution in [0.1, 0.15) is 28.9 Å². The molecule has 0 atom stereocenters. The first-order valence-corrected chi connectivity index (χ1v) is 6.48. The third-order valence-corrected chi connectivity index (χ3v) is 2.86. The molecule has 0 aliphatic carbocycles. The molecule has 20 heavy (non-hydrogen) atoms. The molecule has 1 aromatic carbocycles. The van der Waals surface area contributed by atoms with Gasteiger partial charge in [0.2, 0.25) is 0 Å². The monoisotopic (exact) mass is 275 g/mol. The number of carboxylic acids is 1. The lowest BCUT2D eigenvalue weighted by atomic mass is 10.2. The summed E-state index contributed by atoms with van der Waals surface area (Å²) in [5.41, 5.74) is 1.28. The van der Waals surface area contributed by atoms with Gasteiger partial charge in [0.1, 0.15) is 5.75 Å². The molecular formula is C14H17N3O3. The van der Waals surface area contributed by atoms with Gasteiger partial charge in [-0.15, -0.1) is 5.10 Å². The fourth-order valence-electron chi connectivity index (χ4n) is 1.85. The number of carboxylic acid groups (broad SMARTS) is 1. The average molecular weight is 275 g/mol. The van der Waals surface area contributed by atoms with Crippen LogP contribution in [-0.4, -0.2) is 32.7 Å². The van der Waals surface area contributed by atoms with E-state index >= 15 is 0 Å². The Labute approximate surface area is 117 Å². The minimum absolute atomic E-state index is 0.115. The maximum absolute atomic E-state index is 10.9. The van der Waals surface area contributed by atoms with E-state index < -0.39 is 5.97 Å². The second-order valence-electron chi connectivity index (χ2n) is 4.52. The number of hydrogen-bond acceptors (Lipinski definition) is 4. The van der Waals surface area contributed by atoms with Crippen molar-refractivity contribution in [3.05, 3.63) is 41.7 Å². The number of benzene rings is 1. The summed E-state index contributed by atoms with van der Waals surface area (Å²) >= 11 is 0. The lowest BCUT2D eigenvalue weighted by Gasteiger charge is -2.07. The molecule has 1 N–H and O–H groups in total. The van der Waals surface area contributed by atoms with Crippen LogP contribution in [-0.2, 0) is 6.54 Å². The van der Waals surface area contributed by atoms with Gasteiger partial charge in [0, 0.05) is 6.54 Å². The lowest BCUT2D eigenvalue weighted by molar-refractivity contribution is 0.0683. The Hall–Kier alpha value is -2.37. The zero-order valence-electron chi connectivity index (χ0n) is 11.3. The number of ether oxygens (including phenoxy) is 1. The molecule has 0 bridgehead atoms. The normalized spacial score (nSPS) is 10.4. The Balaban J connectivity index is 1.72.